The van der Waals surface area contributed by atoms with E-state index in [1.54, 1.807) is 0 Å². The molecule has 132 valence electrons. The highest BCUT2D eigenvalue weighted by Crippen LogP contribution is 2.66. The topological polar surface area (TPSA) is 46.6 Å². The number of likely N-dealkylation sites (tertiary alicyclic amines) is 1. The summed E-state index contributed by atoms with van der Waals surface area (Å²) in [5.41, 5.74) is 0.268. The van der Waals surface area contributed by atoms with E-state index < -0.39 is 5.60 Å². The van der Waals surface area contributed by atoms with Gasteiger partial charge in [0, 0.05) is 24.9 Å². The molecule has 5 rings (SSSR count). The molecule has 4 nitrogen and oxygen atoms in total. The quantitative estimate of drug-likeness (QED) is 0.789. The van der Waals surface area contributed by atoms with Crippen LogP contribution >= 0.6 is 0 Å². The van der Waals surface area contributed by atoms with Crippen molar-refractivity contribution in [1.82, 2.24) is 4.90 Å². The average molecular weight is 339 g/mol. The molecule has 1 spiro atoms. The van der Waals surface area contributed by atoms with Crippen LogP contribution in [0.5, 0.6) is 5.75 Å². The summed E-state index contributed by atoms with van der Waals surface area (Å²) in [4.78, 5) is 27.7. The summed E-state index contributed by atoms with van der Waals surface area (Å²) in [5.74, 6) is 2.67. The lowest BCUT2D eigenvalue weighted by Crippen LogP contribution is -2.45. The molecule has 2 heterocycles. The van der Waals surface area contributed by atoms with Crippen molar-refractivity contribution in [1.29, 1.82) is 0 Å². The molecule has 0 N–H and O–H groups in total. The number of ether oxygens (including phenoxy) is 1. The predicted molar refractivity (Wildman–Crippen MR) is 93.4 cm³/mol. The standard InChI is InChI=1S/C21H25NO3/c1-13-7-10-22(11-8-13)20(24)18-15-6-9-21(19(15)18)12-16(23)14-4-2-3-5-17(14)25-21/h2-5,13,15,18-19H,6-12H2,1H3/t15-,18-,19+,21-/m1/s1. The largest absolute Gasteiger partial charge is 0.486 e. The zero-order valence-corrected chi connectivity index (χ0v) is 14.7. The summed E-state index contributed by atoms with van der Waals surface area (Å²) >= 11 is 0. The molecule has 0 aromatic heterocycles. The number of benzene rings is 1. The second-order valence-corrected chi connectivity index (χ2v) is 8.52. The molecular weight excluding hydrogens is 314 g/mol. The fourth-order valence-electron chi connectivity index (χ4n) is 5.54. The van der Waals surface area contributed by atoms with Crippen LogP contribution in [-0.4, -0.2) is 35.3 Å². The second kappa shape index (κ2) is 5.33. The van der Waals surface area contributed by atoms with E-state index in [1.807, 2.05) is 24.3 Å². The molecule has 4 atom stereocenters. The molecule has 4 heteroatoms. The Labute approximate surface area is 148 Å². The number of carbonyl (C=O) groups is 2. The third-order valence-electron chi connectivity index (χ3n) is 7.02. The maximum Gasteiger partial charge on any atom is 0.226 e. The molecule has 2 aliphatic heterocycles. The molecule has 2 saturated carbocycles. The zero-order valence-electron chi connectivity index (χ0n) is 14.7. The van der Waals surface area contributed by atoms with Gasteiger partial charge in [0.2, 0.25) is 5.91 Å². The van der Waals surface area contributed by atoms with Crippen molar-refractivity contribution < 1.29 is 14.3 Å². The van der Waals surface area contributed by atoms with E-state index in [2.05, 4.69) is 11.8 Å². The molecule has 0 bridgehead atoms. The number of para-hydroxylation sites is 1. The van der Waals surface area contributed by atoms with Gasteiger partial charge in [0.1, 0.15) is 11.4 Å². The van der Waals surface area contributed by atoms with E-state index in [0.29, 0.717) is 29.6 Å². The lowest BCUT2D eigenvalue weighted by molar-refractivity contribution is -0.135. The maximum atomic E-state index is 13.0. The highest BCUT2D eigenvalue weighted by Gasteiger charge is 2.71. The Kier molecular flexibility index (Phi) is 3.28. The lowest BCUT2D eigenvalue weighted by atomic mass is 9.84. The van der Waals surface area contributed by atoms with E-state index in [4.69, 9.17) is 4.74 Å². The molecule has 0 radical (unpaired) electrons. The molecule has 0 unspecified atom stereocenters. The number of rotatable bonds is 1. The van der Waals surface area contributed by atoms with Crippen LogP contribution in [0.25, 0.3) is 0 Å². The number of nitrogens with zero attached hydrogens (tertiary/aromatic N) is 1. The van der Waals surface area contributed by atoms with Gasteiger partial charge < -0.3 is 9.64 Å². The summed E-state index contributed by atoms with van der Waals surface area (Å²) in [6.07, 6.45) is 4.58. The van der Waals surface area contributed by atoms with Crippen LogP contribution in [-0.2, 0) is 4.79 Å². The molecule has 4 aliphatic rings. The number of fused-ring (bicyclic) bond motifs is 3. The first-order valence-electron chi connectivity index (χ1n) is 9.69. The number of carbonyl (C=O) groups excluding carboxylic acids is 2. The summed E-state index contributed by atoms with van der Waals surface area (Å²) in [5, 5.41) is 0. The molecule has 1 saturated heterocycles. The number of Topliss-reactive ketones (excluding diaryl/α,β-unsaturated/α-hetero) is 1. The van der Waals surface area contributed by atoms with Gasteiger partial charge in [0.15, 0.2) is 5.78 Å². The van der Waals surface area contributed by atoms with Crippen molar-refractivity contribution in [3.05, 3.63) is 29.8 Å². The van der Waals surface area contributed by atoms with Gasteiger partial charge in [-0.3, -0.25) is 9.59 Å². The Morgan fingerprint density at radius 2 is 1.96 bits per heavy atom. The molecule has 2 aliphatic carbocycles. The monoisotopic (exact) mass is 339 g/mol. The van der Waals surface area contributed by atoms with Gasteiger partial charge in [0.25, 0.3) is 0 Å². The van der Waals surface area contributed by atoms with Gasteiger partial charge in [0.05, 0.1) is 12.0 Å². The first kappa shape index (κ1) is 15.4. The van der Waals surface area contributed by atoms with Gasteiger partial charge in [-0.15, -0.1) is 0 Å². The van der Waals surface area contributed by atoms with Crippen LogP contribution < -0.4 is 4.74 Å². The van der Waals surface area contributed by atoms with Gasteiger partial charge >= 0.3 is 0 Å². The Balaban J connectivity index is 1.36. The smallest absolute Gasteiger partial charge is 0.226 e. The van der Waals surface area contributed by atoms with E-state index in [1.165, 1.54) is 0 Å². The van der Waals surface area contributed by atoms with Crippen molar-refractivity contribution in [2.24, 2.45) is 23.7 Å². The molecular formula is C21H25NO3. The van der Waals surface area contributed by atoms with Crippen LogP contribution in [0.1, 0.15) is 49.4 Å². The van der Waals surface area contributed by atoms with E-state index in [0.717, 1.165) is 44.7 Å². The third kappa shape index (κ3) is 2.26. The average Bonchev–Trinajstić information content (AvgIpc) is 3.26. The lowest BCUT2D eigenvalue weighted by Gasteiger charge is -2.38. The molecule has 1 aromatic carbocycles. The fraction of sp³-hybridized carbons (Fsp3) is 0.619. The van der Waals surface area contributed by atoms with Gasteiger partial charge in [-0.25, -0.2) is 0 Å². The number of piperidine rings is 1. The Morgan fingerprint density at radius 3 is 2.76 bits per heavy atom. The van der Waals surface area contributed by atoms with Crippen molar-refractivity contribution in [2.75, 3.05) is 13.1 Å². The predicted octanol–water partition coefficient (Wildman–Crippen LogP) is 3.31. The number of amides is 1. The summed E-state index contributed by atoms with van der Waals surface area (Å²) in [6, 6.07) is 7.55. The molecule has 3 fully saturated rings. The van der Waals surface area contributed by atoms with Crippen molar-refractivity contribution >= 4 is 11.7 Å². The zero-order chi connectivity index (χ0) is 17.2. The summed E-state index contributed by atoms with van der Waals surface area (Å²) < 4.78 is 6.40. The first-order chi connectivity index (χ1) is 12.1. The van der Waals surface area contributed by atoms with E-state index in [-0.39, 0.29) is 17.6 Å². The molecule has 25 heavy (non-hydrogen) atoms. The van der Waals surface area contributed by atoms with Crippen LogP contribution in [0.3, 0.4) is 0 Å². The van der Waals surface area contributed by atoms with Gasteiger partial charge in [-0.1, -0.05) is 19.1 Å². The molecule has 1 amide bonds. The Bertz CT molecular complexity index is 736. The summed E-state index contributed by atoms with van der Waals surface area (Å²) in [6.45, 7) is 4.05. The van der Waals surface area contributed by atoms with Gasteiger partial charge in [-0.05, 0) is 49.7 Å². The van der Waals surface area contributed by atoms with E-state index >= 15 is 0 Å². The fourth-order valence-corrected chi connectivity index (χ4v) is 5.54. The first-order valence-corrected chi connectivity index (χ1v) is 9.69. The Morgan fingerprint density at radius 1 is 1.20 bits per heavy atom. The Hall–Kier alpha value is -1.84. The minimum Gasteiger partial charge on any atom is -0.486 e. The maximum absolute atomic E-state index is 13.0. The van der Waals surface area contributed by atoms with Crippen LogP contribution in [0.15, 0.2) is 24.3 Å². The highest BCUT2D eigenvalue weighted by atomic mass is 16.5. The van der Waals surface area contributed by atoms with E-state index in [9.17, 15) is 9.59 Å². The number of hydrogen-bond acceptors (Lipinski definition) is 3. The minimum atomic E-state index is -0.431. The summed E-state index contributed by atoms with van der Waals surface area (Å²) in [7, 11) is 0. The number of hydrogen-bond donors (Lipinski definition) is 0. The van der Waals surface area contributed by atoms with Crippen LogP contribution in [0.2, 0.25) is 0 Å². The van der Waals surface area contributed by atoms with Gasteiger partial charge in [-0.2, -0.15) is 0 Å². The number of ketones is 1. The molecule has 1 aromatic rings. The van der Waals surface area contributed by atoms with Crippen LogP contribution in [0, 0.1) is 23.7 Å². The van der Waals surface area contributed by atoms with Crippen molar-refractivity contribution in [2.45, 2.75) is 44.6 Å². The van der Waals surface area contributed by atoms with Crippen molar-refractivity contribution in [3.8, 4) is 5.75 Å². The highest BCUT2D eigenvalue weighted by molar-refractivity contribution is 6.00. The van der Waals surface area contributed by atoms with Crippen molar-refractivity contribution in [3.63, 3.8) is 0 Å². The second-order valence-electron chi connectivity index (χ2n) is 8.52. The van der Waals surface area contributed by atoms with Crippen LogP contribution in [0.4, 0.5) is 0 Å². The third-order valence-corrected chi connectivity index (χ3v) is 7.02. The minimum absolute atomic E-state index is 0.0835. The SMILES string of the molecule is CC1CCN(C(=O)[C@@H]2[C@H]3CC[C@@]4(CC(=O)c5ccccc5O4)[C@@H]32)CC1. The normalized spacial score (nSPS) is 36.8.